The van der Waals surface area contributed by atoms with Crippen molar-refractivity contribution < 1.29 is 8.83 Å². The van der Waals surface area contributed by atoms with Gasteiger partial charge < -0.3 is 13.7 Å². The lowest BCUT2D eigenvalue weighted by Crippen LogP contribution is -2.09. The Morgan fingerprint density at radius 3 is 2.04 bits per heavy atom. The van der Waals surface area contributed by atoms with Crippen molar-refractivity contribution in [2.45, 2.75) is 0 Å². The summed E-state index contributed by atoms with van der Waals surface area (Å²) >= 11 is 0. The predicted molar refractivity (Wildman–Crippen MR) is 184 cm³/mol. The van der Waals surface area contributed by atoms with Gasteiger partial charge in [0.15, 0.2) is 5.58 Å². The molecule has 2 aromatic heterocycles. The molecule has 0 saturated carbocycles. The number of para-hydroxylation sites is 1. The molecule has 4 heteroatoms. The maximum atomic E-state index is 6.40. The third-order valence-electron chi connectivity index (χ3n) is 8.48. The van der Waals surface area contributed by atoms with Crippen molar-refractivity contribution in [2.24, 2.45) is 0 Å². The Morgan fingerprint density at radius 1 is 0.444 bits per heavy atom. The van der Waals surface area contributed by atoms with Crippen LogP contribution in [0.2, 0.25) is 0 Å². The van der Waals surface area contributed by atoms with Crippen LogP contribution >= 0.6 is 0 Å². The van der Waals surface area contributed by atoms with E-state index in [9.17, 15) is 0 Å². The topological polar surface area (TPSA) is 42.4 Å². The fraction of sp³-hybridized carbons (Fsp3) is 0. The number of anilines is 3. The second-order valence-electron chi connectivity index (χ2n) is 11.2. The van der Waals surface area contributed by atoms with E-state index in [2.05, 4.69) is 120 Å². The van der Waals surface area contributed by atoms with E-state index in [0.29, 0.717) is 5.89 Å². The Balaban J connectivity index is 1.24. The van der Waals surface area contributed by atoms with Gasteiger partial charge in [-0.2, -0.15) is 0 Å². The monoisotopic (exact) mass is 578 g/mol. The van der Waals surface area contributed by atoms with Gasteiger partial charge in [-0.1, -0.05) is 97.1 Å². The average Bonchev–Trinajstić information content (AvgIpc) is 3.72. The summed E-state index contributed by atoms with van der Waals surface area (Å²) < 4.78 is 12.8. The number of fused-ring (bicyclic) bond motifs is 6. The molecule has 0 saturated heterocycles. The van der Waals surface area contributed by atoms with Gasteiger partial charge in [0.05, 0.1) is 0 Å². The molecular weight excluding hydrogens is 552 g/mol. The summed E-state index contributed by atoms with van der Waals surface area (Å²) in [4.78, 5) is 7.31. The Bertz CT molecular complexity index is 2490. The van der Waals surface area contributed by atoms with E-state index in [4.69, 9.17) is 13.8 Å². The highest BCUT2D eigenvalue weighted by atomic mass is 16.3. The zero-order valence-corrected chi connectivity index (χ0v) is 24.2. The molecule has 0 atom stereocenters. The van der Waals surface area contributed by atoms with Gasteiger partial charge in [-0.3, -0.25) is 0 Å². The van der Waals surface area contributed by atoms with Crippen molar-refractivity contribution in [1.82, 2.24) is 4.98 Å². The first kappa shape index (κ1) is 25.4. The van der Waals surface area contributed by atoms with Crippen LogP contribution < -0.4 is 4.90 Å². The van der Waals surface area contributed by atoms with Crippen LogP contribution in [-0.4, -0.2) is 4.98 Å². The number of hydrogen-bond acceptors (Lipinski definition) is 4. The summed E-state index contributed by atoms with van der Waals surface area (Å²) in [5.41, 5.74) is 9.65. The zero-order valence-electron chi connectivity index (χ0n) is 24.2. The number of aromatic nitrogens is 1. The van der Waals surface area contributed by atoms with Crippen molar-refractivity contribution in [1.29, 1.82) is 0 Å². The Hall–Kier alpha value is -6.13. The van der Waals surface area contributed by atoms with Gasteiger partial charge in [-0.25, -0.2) is 4.98 Å². The van der Waals surface area contributed by atoms with E-state index in [-0.39, 0.29) is 0 Å². The minimum absolute atomic E-state index is 0.579. The van der Waals surface area contributed by atoms with E-state index < -0.39 is 0 Å². The van der Waals surface area contributed by atoms with Crippen molar-refractivity contribution in [3.05, 3.63) is 158 Å². The highest BCUT2D eigenvalue weighted by Gasteiger charge is 2.20. The van der Waals surface area contributed by atoms with Crippen LogP contribution in [0.5, 0.6) is 0 Å². The largest absolute Gasteiger partial charge is 0.456 e. The van der Waals surface area contributed by atoms with Gasteiger partial charge in [-0.05, 0) is 77.2 Å². The van der Waals surface area contributed by atoms with Gasteiger partial charge in [-0.15, -0.1) is 0 Å². The molecule has 2 heterocycles. The molecule has 0 fully saturated rings. The van der Waals surface area contributed by atoms with Gasteiger partial charge in [0.1, 0.15) is 16.7 Å². The standard InChI is InChI=1S/C41H26N2O2/c1-3-11-27(12-4-1)29-14-9-17-31(25-29)43(30-15-5-2-6-16-30)32-22-24-36-35(26-32)39-34(19-10-20-37(39)44-36)41-42-40-33-18-8-7-13-28(33)21-23-38(40)45-41/h1-26H. The first-order chi connectivity index (χ1) is 22.3. The highest BCUT2D eigenvalue weighted by Crippen LogP contribution is 2.42. The summed E-state index contributed by atoms with van der Waals surface area (Å²) in [6.07, 6.45) is 0. The van der Waals surface area contributed by atoms with Crippen LogP contribution in [0.25, 0.3) is 66.4 Å². The summed E-state index contributed by atoms with van der Waals surface area (Å²) in [5, 5.41) is 4.20. The first-order valence-corrected chi connectivity index (χ1v) is 15.0. The number of benzene rings is 7. The van der Waals surface area contributed by atoms with Crippen molar-refractivity contribution in [3.8, 4) is 22.6 Å². The Morgan fingerprint density at radius 2 is 1.16 bits per heavy atom. The molecule has 9 rings (SSSR count). The van der Waals surface area contributed by atoms with Crippen molar-refractivity contribution in [2.75, 3.05) is 4.90 Å². The molecule has 7 aromatic carbocycles. The number of hydrogen-bond donors (Lipinski definition) is 0. The third-order valence-corrected chi connectivity index (χ3v) is 8.48. The fourth-order valence-corrected chi connectivity index (χ4v) is 6.39. The lowest BCUT2D eigenvalue weighted by atomic mass is 10.0. The highest BCUT2D eigenvalue weighted by molar-refractivity contribution is 6.13. The van der Waals surface area contributed by atoms with Gasteiger partial charge in [0.2, 0.25) is 5.89 Å². The minimum Gasteiger partial charge on any atom is -0.456 e. The predicted octanol–water partition coefficient (Wildman–Crippen LogP) is 11.7. The first-order valence-electron chi connectivity index (χ1n) is 15.0. The van der Waals surface area contributed by atoms with Gasteiger partial charge >= 0.3 is 0 Å². The molecule has 4 nitrogen and oxygen atoms in total. The minimum atomic E-state index is 0.579. The summed E-state index contributed by atoms with van der Waals surface area (Å²) in [6, 6.07) is 54.5. The van der Waals surface area contributed by atoms with Gasteiger partial charge in [0, 0.05) is 38.8 Å². The van der Waals surface area contributed by atoms with Crippen LogP contribution in [0, 0.1) is 0 Å². The molecule has 0 bridgehead atoms. The fourth-order valence-electron chi connectivity index (χ4n) is 6.39. The number of furan rings is 1. The van der Waals surface area contributed by atoms with Crippen LogP contribution in [-0.2, 0) is 0 Å². The quantitative estimate of drug-likeness (QED) is 0.204. The molecule has 0 aliphatic heterocycles. The Kier molecular flexibility index (Phi) is 5.78. The average molecular weight is 579 g/mol. The lowest BCUT2D eigenvalue weighted by Gasteiger charge is -2.26. The smallest absolute Gasteiger partial charge is 0.228 e. The number of rotatable bonds is 5. The van der Waals surface area contributed by atoms with Crippen LogP contribution in [0.15, 0.2) is 167 Å². The molecular formula is C41H26N2O2. The van der Waals surface area contributed by atoms with Gasteiger partial charge in [0.25, 0.3) is 0 Å². The van der Waals surface area contributed by atoms with E-state index in [1.54, 1.807) is 0 Å². The third kappa shape index (κ3) is 4.27. The molecule has 0 aliphatic rings. The molecule has 0 spiro atoms. The summed E-state index contributed by atoms with van der Waals surface area (Å²) in [5.74, 6) is 0.579. The Labute approximate surface area is 259 Å². The molecule has 0 radical (unpaired) electrons. The van der Waals surface area contributed by atoms with Crippen molar-refractivity contribution in [3.63, 3.8) is 0 Å². The normalized spacial score (nSPS) is 11.6. The van der Waals surface area contributed by atoms with Crippen LogP contribution in [0.4, 0.5) is 17.1 Å². The molecule has 212 valence electrons. The molecule has 0 N–H and O–H groups in total. The second kappa shape index (κ2) is 10.2. The molecule has 0 unspecified atom stereocenters. The SMILES string of the molecule is c1ccc(-c2cccc(N(c3ccccc3)c3ccc4oc5cccc(-c6nc7c(ccc8ccccc87)o6)c5c4c3)c2)cc1. The second-order valence-corrected chi connectivity index (χ2v) is 11.2. The van der Waals surface area contributed by atoms with E-state index >= 15 is 0 Å². The summed E-state index contributed by atoms with van der Waals surface area (Å²) in [6.45, 7) is 0. The molecule has 45 heavy (non-hydrogen) atoms. The number of nitrogens with zero attached hydrogens (tertiary/aromatic N) is 2. The van der Waals surface area contributed by atoms with Crippen LogP contribution in [0.3, 0.4) is 0 Å². The zero-order chi connectivity index (χ0) is 29.7. The van der Waals surface area contributed by atoms with E-state index in [1.165, 1.54) is 5.56 Å². The molecule has 0 amide bonds. The van der Waals surface area contributed by atoms with Crippen molar-refractivity contribution >= 4 is 60.9 Å². The van der Waals surface area contributed by atoms with Crippen LogP contribution in [0.1, 0.15) is 0 Å². The van der Waals surface area contributed by atoms with E-state index in [1.807, 2.05) is 42.5 Å². The maximum absolute atomic E-state index is 6.40. The molecule has 9 aromatic rings. The molecule has 0 aliphatic carbocycles. The maximum Gasteiger partial charge on any atom is 0.228 e. The summed E-state index contributed by atoms with van der Waals surface area (Å²) in [7, 11) is 0. The lowest BCUT2D eigenvalue weighted by molar-refractivity contribution is 0.620. The van der Waals surface area contributed by atoms with E-state index in [0.717, 1.165) is 72.0 Å². The number of oxazole rings is 1.